The fourth-order valence-electron chi connectivity index (χ4n) is 4.09. The van der Waals surface area contributed by atoms with Gasteiger partial charge in [-0.25, -0.2) is 18.9 Å². The van der Waals surface area contributed by atoms with Crippen molar-refractivity contribution >= 4 is 21.8 Å². The number of benzene rings is 2. The van der Waals surface area contributed by atoms with Gasteiger partial charge in [-0.2, -0.15) is 5.10 Å². The van der Waals surface area contributed by atoms with Gasteiger partial charge in [0.15, 0.2) is 5.82 Å². The Morgan fingerprint density at radius 3 is 2.77 bits per heavy atom. The second-order valence-electron chi connectivity index (χ2n) is 7.37. The van der Waals surface area contributed by atoms with E-state index < -0.39 is 0 Å². The molecule has 0 fully saturated rings. The fourth-order valence-corrected chi connectivity index (χ4v) is 4.09. The maximum Gasteiger partial charge on any atom is 0.348 e. The van der Waals surface area contributed by atoms with Crippen molar-refractivity contribution in [3.63, 3.8) is 0 Å². The molecule has 5 aromatic rings. The maximum atomic E-state index is 14.0. The van der Waals surface area contributed by atoms with E-state index in [-0.39, 0.29) is 11.5 Å². The van der Waals surface area contributed by atoms with E-state index in [1.165, 1.54) is 12.1 Å². The summed E-state index contributed by atoms with van der Waals surface area (Å²) in [5.41, 5.74) is 8.59. The molecule has 0 atom stereocenters. The van der Waals surface area contributed by atoms with Gasteiger partial charge in [0.25, 0.3) is 0 Å². The molecular weight excluding hydrogens is 383 g/mol. The summed E-state index contributed by atoms with van der Waals surface area (Å²) in [5, 5.41) is 8.69. The average molecular weight is 404 g/mol. The molecule has 0 aliphatic rings. The minimum Gasteiger partial charge on any atom is -0.350 e. The van der Waals surface area contributed by atoms with Crippen LogP contribution in [-0.4, -0.2) is 30.4 Å². The Morgan fingerprint density at radius 2 is 1.93 bits per heavy atom. The van der Waals surface area contributed by atoms with E-state index in [4.69, 9.17) is 5.73 Å². The molecule has 0 aliphatic carbocycles. The molecule has 3 aromatic heterocycles. The Bertz CT molecular complexity index is 1440. The number of halogens is 1. The molecule has 0 amide bonds. The number of para-hydroxylation sites is 1. The Labute approximate surface area is 171 Å². The molecule has 0 spiro atoms. The first-order valence-electron chi connectivity index (χ1n) is 9.79. The van der Waals surface area contributed by atoms with Gasteiger partial charge in [-0.15, -0.1) is 0 Å². The van der Waals surface area contributed by atoms with E-state index >= 15 is 0 Å². The summed E-state index contributed by atoms with van der Waals surface area (Å²) in [6.07, 6.45) is 4.57. The van der Waals surface area contributed by atoms with E-state index in [1.807, 2.05) is 52.8 Å². The Morgan fingerprint density at radius 1 is 1.10 bits per heavy atom. The SMILES string of the molecule is Cn1cc(-c2n[nH]c(=O)n2-c2cn(CCCN)c3cc(F)ccc23)c2ccccc21. The fraction of sp³-hybridized carbons (Fsp3) is 0.182. The number of H-pyrrole nitrogens is 1. The molecule has 5 rings (SSSR count). The van der Waals surface area contributed by atoms with Crippen molar-refractivity contribution < 1.29 is 4.39 Å². The molecule has 30 heavy (non-hydrogen) atoms. The zero-order valence-corrected chi connectivity index (χ0v) is 16.5. The lowest BCUT2D eigenvalue weighted by Crippen LogP contribution is -2.15. The van der Waals surface area contributed by atoms with Crippen LogP contribution in [0.25, 0.3) is 38.9 Å². The molecule has 0 bridgehead atoms. The smallest absolute Gasteiger partial charge is 0.348 e. The van der Waals surface area contributed by atoms with E-state index in [1.54, 1.807) is 10.6 Å². The molecular formula is C22H21FN6O. The number of rotatable bonds is 5. The standard InChI is InChI=1S/C22H21FN6O/c1-27-12-17(15-5-2-3-6-18(15)27)21-25-26-22(30)29(21)20-13-28(10-4-9-24)19-11-14(23)7-8-16(19)20/h2-3,5-8,11-13H,4,9-10,24H2,1H3,(H,26,30). The quantitative estimate of drug-likeness (QED) is 0.472. The normalized spacial score (nSPS) is 11.7. The molecule has 3 N–H and O–H groups in total. The van der Waals surface area contributed by atoms with Crippen molar-refractivity contribution in [2.75, 3.05) is 6.54 Å². The summed E-state index contributed by atoms with van der Waals surface area (Å²) in [7, 11) is 1.96. The van der Waals surface area contributed by atoms with Crippen LogP contribution in [0.1, 0.15) is 6.42 Å². The summed E-state index contributed by atoms with van der Waals surface area (Å²) in [5.74, 6) is 0.189. The first kappa shape index (κ1) is 18.4. The minimum atomic E-state index is -0.347. The third kappa shape index (κ3) is 2.76. The molecule has 8 heteroatoms. The number of nitrogens with one attached hydrogen (secondary N) is 1. The van der Waals surface area contributed by atoms with Crippen LogP contribution in [0, 0.1) is 5.82 Å². The summed E-state index contributed by atoms with van der Waals surface area (Å²) in [6.45, 7) is 1.16. The van der Waals surface area contributed by atoms with Crippen LogP contribution < -0.4 is 11.4 Å². The van der Waals surface area contributed by atoms with Gasteiger partial charge in [-0.3, -0.25) is 0 Å². The lowest BCUT2D eigenvalue weighted by atomic mass is 10.1. The van der Waals surface area contributed by atoms with Gasteiger partial charge < -0.3 is 14.9 Å². The summed E-state index contributed by atoms with van der Waals surface area (Å²) >= 11 is 0. The predicted octanol–water partition coefficient (Wildman–Crippen LogP) is 3.16. The van der Waals surface area contributed by atoms with Crippen molar-refractivity contribution in [1.82, 2.24) is 23.9 Å². The van der Waals surface area contributed by atoms with Crippen LogP contribution in [-0.2, 0) is 13.6 Å². The number of nitrogens with zero attached hydrogens (tertiary/aromatic N) is 4. The Hall–Kier alpha value is -3.65. The van der Waals surface area contributed by atoms with Gasteiger partial charge in [0.2, 0.25) is 0 Å². The van der Waals surface area contributed by atoms with Crippen molar-refractivity contribution in [3.05, 3.63) is 71.2 Å². The summed E-state index contributed by atoms with van der Waals surface area (Å²) < 4.78 is 19.5. The molecule has 0 saturated carbocycles. The van der Waals surface area contributed by atoms with Crippen molar-refractivity contribution in [3.8, 4) is 17.1 Å². The number of nitrogens with two attached hydrogens (primary N) is 1. The third-order valence-corrected chi connectivity index (χ3v) is 5.48. The van der Waals surface area contributed by atoms with Crippen molar-refractivity contribution in [2.45, 2.75) is 13.0 Å². The number of aromatic amines is 1. The van der Waals surface area contributed by atoms with E-state index in [2.05, 4.69) is 10.2 Å². The van der Waals surface area contributed by atoms with Gasteiger partial charge in [-0.1, -0.05) is 18.2 Å². The highest BCUT2D eigenvalue weighted by Crippen LogP contribution is 2.32. The highest BCUT2D eigenvalue weighted by atomic mass is 19.1. The zero-order chi connectivity index (χ0) is 20.8. The van der Waals surface area contributed by atoms with Gasteiger partial charge >= 0.3 is 5.69 Å². The van der Waals surface area contributed by atoms with Gasteiger partial charge in [-0.05, 0) is 37.2 Å². The number of aromatic nitrogens is 5. The number of hydrogen-bond acceptors (Lipinski definition) is 3. The second-order valence-corrected chi connectivity index (χ2v) is 7.37. The van der Waals surface area contributed by atoms with E-state index in [0.717, 1.165) is 33.8 Å². The highest BCUT2D eigenvalue weighted by Gasteiger charge is 2.20. The van der Waals surface area contributed by atoms with Crippen molar-refractivity contribution in [1.29, 1.82) is 0 Å². The van der Waals surface area contributed by atoms with Crippen LogP contribution in [0.15, 0.2) is 59.7 Å². The number of fused-ring (bicyclic) bond motifs is 2. The first-order valence-corrected chi connectivity index (χ1v) is 9.79. The molecule has 3 heterocycles. The van der Waals surface area contributed by atoms with Crippen molar-refractivity contribution in [2.24, 2.45) is 12.8 Å². The topological polar surface area (TPSA) is 86.6 Å². The highest BCUT2D eigenvalue weighted by molar-refractivity contribution is 5.96. The van der Waals surface area contributed by atoms with Gasteiger partial charge in [0.05, 0.1) is 11.2 Å². The van der Waals surface area contributed by atoms with Crippen LogP contribution >= 0.6 is 0 Å². The summed E-state index contributed by atoms with van der Waals surface area (Å²) in [6, 6.07) is 12.6. The molecule has 0 saturated heterocycles. The van der Waals surface area contributed by atoms with Crippen LogP contribution in [0.2, 0.25) is 0 Å². The zero-order valence-electron chi connectivity index (χ0n) is 16.5. The molecule has 152 valence electrons. The predicted molar refractivity (Wildman–Crippen MR) is 115 cm³/mol. The lowest BCUT2D eigenvalue weighted by molar-refractivity contribution is 0.625. The molecule has 0 aliphatic heterocycles. The third-order valence-electron chi connectivity index (χ3n) is 5.48. The largest absolute Gasteiger partial charge is 0.350 e. The molecule has 0 radical (unpaired) electrons. The van der Waals surface area contributed by atoms with Crippen LogP contribution in [0.3, 0.4) is 0 Å². The van der Waals surface area contributed by atoms with Gasteiger partial charge in [0.1, 0.15) is 5.82 Å². The first-order chi connectivity index (χ1) is 14.6. The molecule has 7 nitrogen and oxygen atoms in total. The lowest BCUT2D eigenvalue weighted by Gasteiger charge is -2.04. The second kappa shape index (κ2) is 7.00. The summed E-state index contributed by atoms with van der Waals surface area (Å²) in [4.78, 5) is 12.8. The Balaban J connectivity index is 1.78. The minimum absolute atomic E-state index is 0.324. The van der Waals surface area contributed by atoms with Gasteiger partial charge in [0, 0.05) is 47.8 Å². The van der Waals surface area contributed by atoms with Crippen LogP contribution in [0.4, 0.5) is 4.39 Å². The average Bonchev–Trinajstić information content (AvgIpc) is 3.40. The van der Waals surface area contributed by atoms with Crippen LogP contribution in [0.5, 0.6) is 0 Å². The number of aryl methyl sites for hydroxylation is 2. The van der Waals surface area contributed by atoms with E-state index in [0.29, 0.717) is 24.6 Å². The molecule has 2 aromatic carbocycles. The van der Waals surface area contributed by atoms with E-state index in [9.17, 15) is 9.18 Å². The monoisotopic (exact) mass is 404 g/mol. The maximum absolute atomic E-state index is 14.0. The molecule has 0 unspecified atom stereocenters. The Kier molecular flexibility index (Phi) is 4.29. The number of hydrogen-bond donors (Lipinski definition) is 2.